The van der Waals surface area contributed by atoms with Crippen molar-refractivity contribution in [3.05, 3.63) is 0 Å². The lowest BCUT2D eigenvalue weighted by molar-refractivity contribution is -0.00349. The highest BCUT2D eigenvalue weighted by Gasteiger charge is 2.38. The van der Waals surface area contributed by atoms with E-state index in [1.165, 1.54) is 64.2 Å². The molecule has 0 amide bonds. The van der Waals surface area contributed by atoms with Crippen molar-refractivity contribution in [2.75, 3.05) is 13.2 Å². The summed E-state index contributed by atoms with van der Waals surface area (Å²) in [5.74, 6) is 0.558. The van der Waals surface area contributed by atoms with E-state index in [9.17, 15) is 10.2 Å². The summed E-state index contributed by atoms with van der Waals surface area (Å²) in [7, 11) is 0. The third-order valence-corrected chi connectivity index (χ3v) is 4.88. The van der Waals surface area contributed by atoms with Gasteiger partial charge in [-0.2, -0.15) is 0 Å². The summed E-state index contributed by atoms with van der Waals surface area (Å²) in [4.78, 5) is 0. The van der Waals surface area contributed by atoms with Crippen molar-refractivity contribution in [1.29, 1.82) is 0 Å². The van der Waals surface area contributed by atoms with Gasteiger partial charge in [0.05, 0.1) is 13.2 Å². The lowest BCUT2D eigenvalue weighted by Gasteiger charge is -2.36. The quantitative estimate of drug-likeness (QED) is 0.582. The van der Waals surface area contributed by atoms with Crippen LogP contribution in [0, 0.1) is 11.3 Å². The molecular formula is C16H32O2. The van der Waals surface area contributed by atoms with Crippen molar-refractivity contribution in [3.63, 3.8) is 0 Å². The highest BCUT2D eigenvalue weighted by atomic mass is 16.3. The number of hydrogen-bond donors (Lipinski definition) is 2. The van der Waals surface area contributed by atoms with Crippen molar-refractivity contribution >= 4 is 0 Å². The van der Waals surface area contributed by atoms with E-state index in [2.05, 4.69) is 6.92 Å². The van der Waals surface area contributed by atoms with Gasteiger partial charge < -0.3 is 10.2 Å². The average molecular weight is 256 g/mol. The minimum absolute atomic E-state index is 0.170. The Balaban J connectivity index is 2.28. The van der Waals surface area contributed by atoms with Crippen molar-refractivity contribution in [3.8, 4) is 0 Å². The van der Waals surface area contributed by atoms with E-state index in [0.29, 0.717) is 5.92 Å². The van der Waals surface area contributed by atoms with Crippen LogP contribution in [0.1, 0.15) is 77.6 Å². The zero-order valence-corrected chi connectivity index (χ0v) is 12.2. The predicted octanol–water partition coefficient (Wildman–Crippen LogP) is 3.90. The number of hydrogen-bond acceptors (Lipinski definition) is 2. The second-order valence-corrected chi connectivity index (χ2v) is 6.18. The Labute approximate surface area is 113 Å². The molecule has 0 atom stereocenters. The second-order valence-electron chi connectivity index (χ2n) is 6.18. The first-order valence-corrected chi connectivity index (χ1v) is 8.01. The van der Waals surface area contributed by atoms with Crippen LogP contribution in [-0.4, -0.2) is 23.4 Å². The summed E-state index contributed by atoms with van der Waals surface area (Å²) in [6, 6.07) is 0. The van der Waals surface area contributed by atoms with Gasteiger partial charge in [0.1, 0.15) is 0 Å². The van der Waals surface area contributed by atoms with E-state index in [1.54, 1.807) is 0 Å². The van der Waals surface area contributed by atoms with Crippen LogP contribution in [0.25, 0.3) is 0 Å². The first-order chi connectivity index (χ1) is 8.79. The molecule has 0 heterocycles. The molecule has 18 heavy (non-hydrogen) atoms. The number of unbranched alkanes of at least 4 members (excludes halogenated alkanes) is 5. The standard InChI is InChI=1S/C16H32O2/c1-2-3-4-5-6-9-12-16(13-17,14-18)15-10-7-8-11-15/h15,17-18H,2-14H2,1H3. The average Bonchev–Trinajstić information content (AvgIpc) is 2.93. The fourth-order valence-corrected chi connectivity index (χ4v) is 3.47. The summed E-state index contributed by atoms with van der Waals surface area (Å²) in [6.07, 6.45) is 13.7. The fraction of sp³-hybridized carbons (Fsp3) is 1.00. The molecule has 2 heteroatoms. The van der Waals surface area contributed by atoms with Crippen LogP contribution >= 0.6 is 0 Å². The van der Waals surface area contributed by atoms with Crippen molar-refractivity contribution in [1.82, 2.24) is 0 Å². The fourth-order valence-electron chi connectivity index (χ4n) is 3.47. The Hall–Kier alpha value is -0.0800. The van der Waals surface area contributed by atoms with Gasteiger partial charge in [-0.3, -0.25) is 0 Å². The molecule has 0 aromatic rings. The number of aliphatic hydroxyl groups is 2. The Bertz CT molecular complexity index is 193. The molecule has 108 valence electrons. The maximum atomic E-state index is 9.72. The zero-order valence-electron chi connectivity index (χ0n) is 12.2. The maximum absolute atomic E-state index is 9.72. The molecule has 0 saturated heterocycles. The third-order valence-electron chi connectivity index (χ3n) is 4.88. The van der Waals surface area contributed by atoms with E-state index >= 15 is 0 Å². The predicted molar refractivity (Wildman–Crippen MR) is 76.6 cm³/mol. The molecule has 1 fully saturated rings. The molecule has 1 aliphatic carbocycles. The van der Waals surface area contributed by atoms with Crippen LogP contribution in [0.15, 0.2) is 0 Å². The Morgan fingerprint density at radius 2 is 1.44 bits per heavy atom. The number of rotatable bonds is 10. The minimum atomic E-state index is -0.179. The zero-order chi connectivity index (χ0) is 13.3. The number of aliphatic hydroxyl groups excluding tert-OH is 2. The topological polar surface area (TPSA) is 40.5 Å². The molecule has 1 aliphatic rings. The minimum Gasteiger partial charge on any atom is -0.396 e. The molecule has 0 bridgehead atoms. The van der Waals surface area contributed by atoms with E-state index in [1.807, 2.05) is 0 Å². The molecule has 0 radical (unpaired) electrons. The van der Waals surface area contributed by atoms with Gasteiger partial charge in [0, 0.05) is 5.41 Å². The Kier molecular flexibility index (Phi) is 7.92. The van der Waals surface area contributed by atoms with Crippen molar-refractivity contribution in [2.24, 2.45) is 11.3 Å². The van der Waals surface area contributed by atoms with E-state index in [0.717, 1.165) is 6.42 Å². The van der Waals surface area contributed by atoms with E-state index in [-0.39, 0.29) is 18.6 Å². The first-order valence-electron chi connectivity index (χ1n) is 8.01. The SMILES string of the molecule is CCCCCCCCC(CO)(CO)C1CCCC1. The molecule has 0 unspecified atom stereocenters. The molecule has 0 spiro atoms. The largest absolute Gasteiger partial charge is 0.396 e. The monoisotopic (exact) mass is 256 g/mol. The molecular weight excluding hydrogens is 224 g/mol. The normalized spacial score (nSPS) is 17.5. The van der Waals surface area contributed by atoms with Gasteiger partial charge in [0.2, 0.25) is 0 Å². The lowest BCUT2D eigenvalue weighted by atomic mass is 9.72. The van der Waals surface area contributed by atoms with Gasteiger partial charge in [0.25, 0.3) is 0 Å². The molecule has 0 aromatic heterocycles. The first kappa shape index (κ1) is 16.0. The molecule has 2 N–H and O–H groups in total. The lowest BCUT2D eigenvalue weighted by Crippen LogP contribution is -2.37. The van der Waals surface area contributed by atoms with E-state index < -0.39 is 0 Å². The molecule has 1 rings (SSSR count). The van der Waals surface area contributed by atoms with Gasteiger partial charge >= 0.3 is 0 Å². The van der Waals surface area contributed by atoms with Gasteiger partial charge in [-0.1, -0.05) is 58.3 Å². The van der Waals surface area contributed by atoms with Crippen LogP contribution in [0.3, 0.4) is 0 Å². The summed E-state index contributed by atoms with van der Waals surface area (Å²) in [5, 5.41) is 19.4. The second kappa shape index (κ2) is 8.92. The van der Waals surface area contributed by atoms with Crippen molar-refractivity contribution < 1.29 is 10.2 Å². The van der Waals surface area contributed by atoms with Gasteiger partial charge in [-0.05, 0) is 25.2 Å². The highest BCUT2D eigenvalue weighted by molar-refractivity contribution is 4.88. The highest BCUT2D eigenvalue weighted by Crippen LogP contribution is 2.43. The summed E-state index contributed by atoms with van der Waals surface area (Å²) >= 11 is 0. The Morgan fingerprint density at radius 3 is 2.00 bits per heavy atom. The van der Waals surface area contributed by atoms with Crippen LogP contribution in [0.2, 0.25) is 0 Å². The van der Waals surface area contributed by atoms with Crippen LogP contribution in [0.4, 0.5) is 0 Å². The molecule has 2 nitrogen and oxygen atoms in total. The van der Waals surface area contributed by atoms with Crippen LogP contribution in [0.5, 0.6) is 0 Å². The summed E-state index contributed by atoms with van der Waals surface area (Å²) in [6.45, 7) is 2.58. The van der Waals surface area contributed by atoms with Gasteiger partial charge in [0.15, 0.2) is 0 Å². The smallest absolute Gasteiger partial charge is 0.0512 e. The molecule has 1 saturated carbocycles. The van der Waals surface area contributed by atoms with Gasteiger partial charge in [-0.25, -0.2) is 0 Å². The Morgan fingerprint density at radius 1 is 0.889 bits per heavy atom. The van der Waals surface area contributed by atoms with Gasteiger partial charge in [-0.15, -0.1) is 0 Å². The maximum Gasteiger partial charge on any atom is 0.0512 e. The third kappa shape index (κ3) is 4.55. The summed E-state index contributed by atoms with van der Waals surface area (Å²) in [5.41, 5.74) is -0.179. The van der Waals surface area contributed by atoms with Crippen molar-refractivity contribution in [2.45, 2.75) is 77.6 Å². The molecule has 0 aromatic carbocycles. The van der Waals surface area contributed by atoms with Crippen LogP contribution < -0.4 is 0 Å². The van der Waals surface area contributed by atoms with E-state index in [4.69, 9.17) is 0 Å². The summed E-state index contributed by atoms with van der Waals surface area (Å²) < 4.78 is 0. The van der Waals surface area contributed by atoms with Crippen LogP contribution in [-0.2, 0) is 0 Å². The molecule has 0 aliphatic heterocycles.